The quantitative estimate of drug-likeness (QED) is 0.789. The van der Waals surface area contributed by atoms with Gasteiger partial charge in [-0.05, 0) is 50.2 Å². The molecule has 1 N–H and O–H groups in total. The van der Waals surface area contributed by atoms with E-state index in [0.29, 0.717) is 35.9 Å². The molecule has 0 aliphatic heterocycles. The van der Waals surface area contributed by atoms with Crippen LogP contribution in [0.25, 0.3) is 0 Å². The van der Waals surface area contributed by atoms with Crippen LogP contribution in [-0.4, -0.2) is 43.5 Å². The largest absolute Gasteiger partial charge is 0.497 e. The molecule has 0 aliphatic carbocycles. The average Bonchev–Trinajstić information content (AvgIpc) is 2.66. The zero-order valence-corrected chi connectivity index (χ0v) is 15.3. The van der Waals surface area contributed by atoms with Crippen molar-refractivity contribution in [2.24, 2.45) is 0 Å². The van der Waals surface area contributed by atoms with Gasteiger partial charge in [-0.25, -0.2) is 0 Å². The second-order valence-electron chi connectivity index (χ2n) is 5.56. The van der Waals surface area contributed by atoms with Crippen molar-refractivity contribution in [3.8, 4) is 11.5 Å². The second kappa shape index (κ2) is 9.46. The van der Waals surface area contributed by atoms with E-state index in [-0.39, 0.29) is 18.4 Å². The topological polar surface area (TPSA) is 67.9 Å². The van der Waals surface area contributed by atoms with Crippen molar-refractivity contribution in [1.29, 1.82) is 0 Å². The van der Waals surface area contributed by atoms with Gasteiger partial charge in [0, 0.05) is 23.9 Å². The number of rotatable bonds is 8. The van der Waals surface area contributed by atoms with E-state index in [1.54, 1.807) is 55.6 Å². The lowest BCUT2D eigenvalue weighted by Crippen LogP contribution is -2.37. The Morgan fingerprint density at radius 2 is 1.77 bits per heavy atom. The van der Waals surface area contributed by atoms with E-state index >= 15 is 0 Å². The molecule has 2 aromatic carbocycles. The van der Waals surface area contributed by atoms with Crippen LogP contribution in [0.3, 0.4) is 0 Å². The summed E-state index contributed by atoms with van der Waals surface area (Å²) in [5.41, 5.74) is 1.14. The van der Waals surface area contributed by atoms with Gasteiger partial charge in [0.2, 0.25) is 5.91 Å². The van der Waals surface area contributed by atoms with Crippen LogP contribution in [-0.2, 0) is 4.79 Å². The monoisotopic (exact) mass is 356 g/mol. The molecule has 2 aromatic rings. The van der Waals surface area contributed by atoms with Gasteiger partial charge in [0.05, 0.1) is 13.7 Å². The van der Waals surface area contributed by atoms with E-state index in [4.69, 9.17) is 9.47 Å². The molecule has 2 rings (SSSR count). The van der Waals surface area contributed by atoms with Crippen LogP contribution in [0.5, 0.6) is 11.5 Å². The molecule has 0 saturated carbocycles. The number of likely N-dealkylation sites (N-methyl/N-ethyl adjacent to an activating group) is 1. The Kier molecular flexibility index (Phi) is 7.02. The number of ether oxygens (including phenoxy) is 2. The van der Waals surface area contributed by atoms with E-state index in [2.05, 4.69) is 5.32 Å². The lowest BCUT2D eigenvalue weighted by Gasteiger charge is -2.20. The fourth-order valence-electron chi connectivity index (χ4n) is 2.44. The number of carbonyl (C=O) groups is 2. The lowest BCUT2D eigenvalue weighted by molar-refractivity contribution is -0.116. The second-order valence-corrected chi connectivity index (χ2v) is 5.56. The number of hydrogen-bond donors (Lipinski definition) is 1. The molecule has 0 aliphatic rings. The van der Waals surface area contributed by atoms with Gasteiger partial charge in [-0.1, -0.05) is 6.07 Å². The molecular formula is C20H24N2O4. The summed E-state index contributed by atoms with van der Waals surface area (Å²) in [5, 5.41) is 2.78. The van der Waals surface area contributed by atoms with E-state index in [1.165, 1.54) is 4.90 Å². The third-order valence-electron chi connectivity index (χ3n) is 3.77. The molecule has 0 heterocycles. The minimum atomic E-state index is -0.264. The predicted octanol–water partition coefficient (Wildman–Crippen LogP) is 3.19. The molecular weight excluding hydrogens is 332 g/mol. The zero-order valence-electron chi connectivity index (χ0n) is 15.3. The molecule has 138 valence electrons. The summed E-state index contributed by atoms with van der Waals surface area (Å²) in [5.74, 6) is 0.902. The number of nitrogens with zero attached hydrogens (tertiary/aromatic N) is 1. The Hall–Kier alpha value is -3.02. The average molecular weight is 356 g/mol. The smallest absolute Gasteiger partial charge is 0.254 e. The number of anilines is 1. The first-order valence-corrected chi connectivity index (χ1v) is 8.53. The molecule has 0 radical (unpaired) electrons. The lowest BCUT2D eigenvalue weighted by atomic mass is 10.2. The standard InChI is InChI=1S/C20H24N2O4/c1-4-22(20(24)15-9-11-17(12-10-15)26-5-2)14-19(23)21-16-7-6-8-18(13-16)25-3/h6-13H,4-5,14H2,1-3H3,(H,21,23). The van der Waals surface area contributed by atoms with Crippen molar-refractivity contribution in [3.63, 3.8) is 0 Å². The van der Waals surface area contributed by atoms with Crippen molar-refractivity contribution >= 4 is 17.5 Å². The number of methoxy groups -OCH3 is 1. The molecule has 0 atom stereocenters. The normalized spacial score (nSPS) is 10.1. The van der Waals surface area contributed by atoms with Crippen LogP contribution in [0.2, 0.25) is 0 Å². The molecule has 0 fully saturated rings. The Morgan fingerprint density at radius 1 is 1.04 bits per heavy atom. The van der Waals surface area contributed by atoms with Gasteiger partial charge in [0.1, 0.15) is 18.0 Å². The van der Waals surface area contributed by atoms with Crippen LogP contribution in [0.15, 0.2) is 48.5 Å². The highest BCUT2D eigenvalue weighted by atomic mass is 16.5. The highest BCUT2D eigenvalue weighted by Crippen LogP contribution is 2.17. The first-order chi connectivity index (χ1) is 12.6. The van der Waals surface area contributed by atoms with Gasteiger partial charge in [0.15, 0.2) is 0 Å². The molecule has 26 heavy (non-hydrogen) atoms. The van der Waals surface area contributed by atoms with Gasteiger partial charge in [-0.3, -0.25) is 9.59 Å². The number of nitrogens with one attached hydrogen (secondary N) is 1. The molecule has 0 unspecified atom stereocenters. The third-order valence-corrected chi connectivity index (χ3v) is 3.77. The SMILES string of the molecule is CCOc1ccc(C(=O)N(CC)CC(=O)Nc2cccc(OC)c2)cc1. The van der Waals surface area contributed by atoms with Crippen LogP contribution in [0.4, 0.5) is 5.69 Å². The van der Waals surface area contributed by atoms with Gasteiger partial charge >= 0.3 is 0 Å². The third kappa shape index (κ3) is 5.24. The molecule has 6 nitrogen and oxygen atoms in total. The Morgan fingerprint density at radius 3 is 2.38 bits per heavy atom. The number of carbonyl (C=O) groups excluding carboxylic acids is 2. The maximum atomic E-state index is 12.6. The molecule has 0 aromatic heterocycles. The summed E-state index contributed by atoms with van der Waals surface area (Å²) in [6.45, 7) is 4.71. The number of hydrogen-bond acceptors (Lipinski definition) is 4. The molecule has 6 heteroatoms. The number of benzene rings is 2. The van der Waals surface area contributed by atoms with Crippen molar-refractivity contribution in [2.75, 3.05) is 32.1 Å². The highest BCUT2D eigenvalue weighted by molar-refractivity contribution is 5.99. The maximum absolute atomic E-state index is 12.6. The maximum Gasteiger partial charge on any atom is 0.254 e. The van der Waals surface area contributed by atoms with Crippen LogP contribution < -0.4 is 14.8 Å². The van der Waals surface area contributed by atoms with Gasteiger partial charge in [-0.15, -0.1) is 0 Å². The van der Waals surface area contributed by atoms with Gasteiger partial charge < -0.3 is 19.7 Å². The number of amides is 2. The summed E-state index contributed by atoms with van der Waals surface area (Å²) in [7, 11) is 1.56. The highest BCUT2D eigenvalue weighted by Gasteiger charge is 2.17. The summed E-state index contributed by atoms with van der Waals surface area (Å²) >= 11 is 0. The van der Waals surface area contributed by atoms with E-state index < -0.39 is 0 Å². The summed E-state index contributed by atoms with van der Waals surface area (Å²) < 4.78 is 10.5. The zero-order chi connectivity index (χ0) is 18.9. The van der Waals surface area contributed by atoms with Gasteiger partial charge in [0.25, 0.3) is 5.91 Å². The van der Waals surface area contributed by atoms with Crippen molar-refractivity contribution < 1.29 is 19.1 Å². The first-order valence-electron chi connectivity index (χ1n) is 8.53. The Bertz CT molecular complexity index is 744. The summed E-state index contributed by atoms with van der Waals surface area (Å²) in [4.78, 5) is 26.4. The van der Waals surface area contributed by atoms with E-state index in [9.17, 15) is 9.59 Å². The van der Waals surface area contributed by atoms with Crippen LogP contribution >= 0.6 is 0 Å². The van der Waals surface area contributed by atoms with Crippen molar-refractivity contribution in [1.82, 2.24) is 4.90 Å². The van der Waals surface area contributed by atoms with Crippen molar-refractivity contribution in [3.05, 3.63) is 54.1 Å². The Labute approximate surface area is 153 Å². The van der Waals surface area contributed by atoms with Crippen LogP contribution in [0, 0.1) is 0 Å². The molecule has 2 amide bonds. The van der Waals surface area contributed by atoms with Crippen molar-refractivity contribution in [2.45, 2.75) is 13.8 Å². The molecule has 0 saturated heterocycles. The Balaban J connectivity index is 2.00. The van der Waals surface area contributed by atoms with Gasteiger partial charge in [-0.2, -0.15) is 0 Å². The summed E-state index contributed by atoms with van der Waals surface area (Å²) in [6.07, 6.45) is 0. The molecule has 0 bridgehead atoms. The predicted molar refractivity (Wildman–Crippen MR) is 101 cm³/mol. The van der Waals surface area contributed by atoms with E-state index in [0.717, 1.165) is 0 Å². The summed E-state index contributed by atoms with van der Waals surface area (Å²) in [6, 6.07) is 14.0. The fourth-order valence-corrected chi connectivity index (χ4v) is 2.44. The van der Waals surface area contributed by atoms with Crippen LogP contribution in [0.1, 0.15) is 24.2 Å². The first kappa shape index (κ1) is 19.3. The minimum absolute atomic E-state index is 0.0280. The molecule has 0 spiro atoms. The fraction of sp³-hybridized carbons (Fsp3) is 0.300. The minimum Gasteiger partial charge on any atom is -0.497 e. The van der Waals surface area contributed by atoms with E-state index in [1.807, 2.05) is 13.8 Å².